The third-order valence-electron chi connectivity index (χ3n) is 2.56. The number of benzene rings is 1. The highest BCUT2D eigenvalue weighted by atomic mass is 15.1. The van der Waals surface area contributed by atoms with E-state index in [9.17, 15) is 0 Å². The van der Waals surface area contributed by atoms with Crippen LogP contribution < -0.4 is 10.2 Å². The number of nitrogens with one attached hydrogen (secondary N) is 1. The Kier molecular flexibility index (Phi) is 4.37. The minimum absolute atomic E-state index is 0.374. The second-order valence-corrected chi connectivity index (χ2v) is 3.85. The maximum Gasteiger partial charge on any atom is 0.0361 e. The van der Waals surface area contributed by atoms with E-state index >= 15 is 0 Å². The lowest BCUT2D eigenvalue weighted by Gasteiger charge is -2.17. The average Bonchev–Trinajstić information content (AvgIpc) is 2.26. The van der Waals surface area contributed by atoms with Gasteiger partial charge in [0.1, 0.15) is 0 Å². The first-order valence-corrected chi connectivity index (χ1v) is 5.24. The molecule has 1 N–H and O–H groups in total. The van der Waals surface area contributed by atoms with Crippen molar-refractivity contribution in [1.29, 1.82) is 0 Å². The maximum absolute atomic E-state index is 3.77. The SMILES string of the molecule is C=CCC(NC)c1ccc(N(C)C)cc1. The van der Waals surface area contributed by atoms with E-state index in [-0.39, 0.29) is 0 Å². The van der Waals surface area contributed by atoms with Crippen molar-refractivity contribution < 1.29 is 0 Å². The first kappa shape index (κ1) is 11.8. The molecule has 2 nitrogen and oxygen atoms in total. The van der Waals surface area contributed by atoms with E-state index in [1.165, 1.54) is 11.3 Å². The highest BCUT2D eigenvalue weighted by Crippen LogP contribution is 2.20. The average molecular weight is 204 g/mol. The van der Waals surface area contributed by atoms with Crippen molar-refractivity contribution >= 4 is 5.69 Å². The van der Waals surface area contributed by atoms with E-state index in [1.54, 1.807) is 0 Å². The van der Waals surface area contributed by atoms with Gasteiger partial charge in [-0.05, 0) is 31.2 Å². The van der Waals surface area contributed by atoms with Gasteiger partial charge in [-0.25, -0.2) is 0 Å². The Morgan fingerprint density at radius 2 is 1.93 bits per heavy atom. The number of hydrogen-bond acceptors (Lipinski definition) is 2. The smallest absolute Gasteiger partial charge is 0.0361 e. The first-order valence-electron chi connectivity index (χ1n) is 5.24. The Balaban J connectivity index is 2.81. The number of nitrogens with zero attached hydrogens (tertiary/aromatic N) is 1. The van der Waals surface area contributed by atoms with Gasteiger partial charge in [-0.15, -0.1) is 6.58 Å². The summed E-state index contributed by atoms with van der Waals surface area (Å²) in [6.45, 7) is 3.77. The van der Waals surface area contributed by atoms with Crippen LogP contribution in [0.2, 0.25) is 0 Å². The molecule has 0 fully saturated rings. The van der Waals surface area contributed by atoms with Crippen molar-refractivity contribution in [3.63, 3.8) is 0 Å². The molecule has 1 unspecified atom stereocenters. The van der Waals surface area contributed by atoms with Crippen molar-refractivity contribution in [3.05, 3.63) is 42.5 Å². The van der Waals surface area contributed by atoms with Gasteiger partial charge in [-0.2, -0.15) is 0 Å². The summed E-state index contributed by atoms with van der Waals surface area (Å²) >= 11 is 0. The summed E-state index contributed by atoms with van der Waals surface area (Å²) in [5, 5.41) is 3.28. The topological polar surface area (TPSA) is 15.3 Å². The van der Waals surface area contributed by atoms with Crippen LogP contribution in [-0.2, 0) is 0 Å². The van der Waals surface area contributed by atoms with Crippen LogP contribution >= 0.6 is 0 Å². The molecule has 0 aromatic heterocycles. The predicted octanol–water partition coefficient (Wildman–Crippen LogP) is 2.59. The summed E-state index contributed by atoms with van der Waals surface area (Å²) in [4.78, 5) is 2.10. The lowest BCUT2D eigenvalue weighted by atomic mass is 10.0. The third kappa shape index (κ3) is 3.10. The fourth-order valence-electron chi connectivity index (χ4n) is 1.59. The Morgan fingerprint density at radius 3 is 2.33 bits per heavy atom. The van der Waals surface area contributed by atoms with Crippen molar-refractivity contribution in [2.45, 2.75) is 12.5 Å². The van der Waals surface area contributed by atoms with Crippen molar-refractivity contribution in [1.82, 2.24) is 5.32 Å². The molecule has 0 spiro atoms. The van der Waals surface area contributed by atoms with Gasteiger partial charge in [-0.1, -0.05) is 18.2 Å². The van der Waals surface area contributed by atoms with Crippen LogP contribution in [0, 0.1) is 0 Å². The zero-order valence-corrected chi connectivity index (χ0v) is 9.83. The van der Waals surface area contributed by atoms with Gasteiger partial charge in [0.25, 0.3) is 0 Å². The lowest BCUT2D eigenvalue weighted by molar-refractivity contribution is 0.604. The first-order chi connectivity index (χ1) is 7.19. The molecular formula is C13H20N2. The van der Waals surface area contributed by atoms with E-state index in [0.29, 0.717) is 6.04 Å². The van der Waals surface area contributed by atoms with E-state index in [2.05, 4.69) is 41.1 Å². The van der Waals surface area contributed by atoms with Gasteiger partial charge in [0.15, 0.2) is 0 Å². The summed E-state index contributed by atoms with van der Waals surface area (Å²) in [7, 11) is 6.08. The molecule has 0 bridgehead atoms. The van der Waals surface area contributed by atoms with Crippen molar-refractivity contribution in [2.24, 2.45) is 0 Å². The van der Waals surface area contributed by atoms with Crippen LogP contribution in [0.3, 0.4) is 0 Å². The molecule has 1 atom stereocenters. The molecule has 0 saturated carbocycles. The van der Waals surface area contributed by atoms with Crippen LogP contribution in [0.15, 0.2) is 36.9 Å². The highest BCUT2D eigenvalue weighted by Gasteiger charge is 2.06. The molecule has 1 rings (SSSR count). The molecule has 15 heavy (non-hydrogen) atoms. The second kappa shape index (κ2) is 5.56. The molecular weight excluding hydrogens is 184 g/mol. The molecule has 0 heterocycles. The van der Waals surface area contributed by atoms with E-state index < -0.39 is 0 Å². The Bertz CT molecular complexity index is 301. The monoisotopic (exact) mass is 204 g/mol. The Labute approximate surface area is 92.6 Å². The van der Waals surface area contributed by atoms with Crippen LogP contribution in [0.4, 0.5) is 5.69 Å². The van der Waals surface area contributed by atoms with Crippen LogP contribution in [0.25, 0.3) is 0 Å². The zero-order chi connectivity index (χ0) is 11.3. The molecule has 0 amide bonds. The van der Waals surface area contributed by atoms with Gasteiger partial charge < -0.3 is 10.2 Å². The standard InChI is InChI=1S/C13H20N2/c1-5-6-13(14-2)11-7-9-12(10-8-11)15(3)4/h5,7-10,13-14H,1,6H2,2-4H3. The number of hydrogen-bond donors (Lipinski definition) is 1. The Morgan fingerprint density at radius 1 is 1.33 bits per heavy atom. The molecule has 0 radical (unpaired) electrons. The lowest BCUT2D eigenvalue weighted by Crippen LogP contribution is -2.15. The van der Waals surface area contributed by atoms with Gasteiger partial charge in [0.05, 0.1) is 0 Å². The molecule has 82 valence electrons. The fourth-order valence-corrected chi connectivity index (χ4v) is 1.59. The normalized spacial score (nSPS) is 12.2. The van der Waals surface area contributed by atoms with Gasteiger partial charge in [0.2, 0.25) is 0 Å². The summed E-state index contributed by atoms with van der Waals surface area (Å²) in [6.07, 6.45) is 2.90. The minimum Gasteiger partial charge on any atom is -0.378 e. The fraction of sp³-hybridized carbons (Fsp3) is 0.385. The van der Waals surface area contributed by atoms with Gasteiger partial charge in [-0.3, -0.25) is 0 Å². The van der Waals surface area contributed by atoms with Crippen LogP contribution in [-0.4, -0.2) is 21.1 Å². The summed E-state index contributed by atoms with van der Waals surface area (Å²) in [5.74, 6) is 0. The summed E-state index contributed by atoms with van der Waals surface area (Å²) in [6, 6.07) is 8.99. The molecule has 1 aromatic carbocycles. The highest BCUT2D eigenvalue weighted by molar-refractivity contribution is 5.46. The largest absolute Gasteiger partial charge is 0.378 e. The van der Waals surface area contributed by atoms with E-state index in [4.69, 9.17) is 0 Å². The zero-order valence-electron chi connectivity index (χ0n) is 9.83. The maximum atomic E-state index is 3.77. The molecule has 1 aromatic rings. The van der Waals surface area contributed by atoms with Crippen molar-refractivity contribution in [2.75, 3.05) is 26.0 Å². The van der Waals surface area contributed by atoms with Crippen LogP contribution in [0.1, 0.15) is 18.0 Å². The molecule has 0 saturated heterocycles. The van der Waals surface area contributed by atoms with E-state index in [0.717, 1.165) is 6.42 Å². The van der Waals surface area contributed by atoms with Gasteiger partial charge in [0, 0.05) is 25.8 Å². The molecule has 2 heteroatoms. The quantitative estimate of drug-likeness (QED) is 0.742. The third-order valence-corrected chi connectivity index (χ3v) is 2.56. The summed E-state index contributed by atoms with van der Waals surface area (Å²) < 4.78 is 0. The minimum atomic E-state index is 0.374. The second-order valence-electron chi connectivity index (χ2n) is 3.85. The number of anilines is 1. The molecule has 0 aliphatic rings. The summed E-state index contributed by atoms with van der Waals surface area (Å²) in [5.41, 5.74) is 2.54. The molecule has 0 aliphatic heterocycles. The van der Waals surface area contributed by atoms with E-state index in [1.807, 2.05) is 27.2 Å². The number of rotatable bonds is 5. The van der Waals surface area contributed by atoms with Crippen LogP contribution in [0.5, 0.6) is 0 Å². The predicted molar refractivity (Wildman–Crippen MR) is 67.4 cm³/mol. The Hall–Kier alpha value is -1.28. The molecule has 0 aliphatic carbocycles. The van der Waals surface area contributed by atoms with Crippen molar-refractivity contribution in [3.8, 4) is 0 Å². The van der Waals surface area contributed by atoms with Gasteiger partial charge >= 0.3 is 0 Å².